The normalized spacial score (nSPS) is 10.7. The van der Waals surface area contributed by atoms with Gasteiger partial charge in [0.15, 0.2) is 0 Å². The molecule has 4 aromatic rings. The highest BCUT2D eigenvalue weighted by molar-refractivity contribution is 6.09. The molecule has 2 aromatic carbocycles. The lowest BCUT2D eigenvalue weighted by molar-refractivity contribution is 0.102. The van der Waals surface area contributed by atoms with Crippen molar-refractivity contribution in [2.45, 2.75) is 0 Å². The highest BCUT2D eigenvalue weighted by Gasteiger charge is 2.23. The third-order valence-electron chi connectivity index (χ3n) is 4.21. The highest BCUT2D eigenvalue weighted by Crippen LogP contribution is 2.28. The van der Waals surface area contributed by atoms with Gasteiger partial charge in [0.25, 0.3) is 11.5 Å². The standard InChI is InChI=1S/C21H15N3O3/c25-19-16-10-4-5-11-17(16)24(15-8-2-1-3-9-15)21(27)18(19)20(26)23-14-7-6-12-22-13-14/h1-13,25H,(H,23,26). The minimum absolute atomic E-state index is 0.318. The van der Waals surface area contributed by atoms with E-state index in [9.17, 15) is 14.7 Å². The quantitative estimate of drug-likeness (QED) is 0.589. The molecule has 2 heterocycles. The molecule has 132 valence electrons. The van der Waals surface area contributed by atoms with E-state index in [0.717, 1.165) is 0 Å². The molecule has 0 saturated heterocycles. The zero-order chi connectivity index (χ0) is 18.8. The van der Waals surface area contributed by atoms with Crippen molar-refractivity contribution in [3.05, 3.63) is 95.0 Å². The molecule has 2 N–H and O–H groups in total. The zero-order valence-electron chi connectivity index (χ0n) is 14.2. The Morgan fingerprint density at radius 1 is 0.963 bits per heavy atom. The van der Waals surface area contributed by atoms with Gasteiger partial charge in [-0.15, -0.1) is 0 Å². The van der Waals surface area contributed by atoms with Crippen molar-refractivity contribution in [2.24, 2.45) is 0 Å². The van der Waals surface area contributed by atoms with Crippen molar-refractivity contribution in [2.75, 3.05) is 5.32 Å². The van der Waals surface area contributed by atoms with Crippen LogP contribution in [-0.2, 0) is 0 Å². The lowest BCUT2D eigenvalue weighted by Gasteiger charge is -2.15. The van der Waals surface area contributed by atoms with Gasteiger partial charge in [-0.25, -0.2) is 0 Å². The molecule has 2 aromatic heterocycles. The number of hydrogen-bond donors (Lipinski definition) is 2. The molecule has 0 spiro atoms. The summed E-state index contributed by atoms with van der Waals surface area (Å²) in [5.74, 6) is -1.04. The fraction of sp³-hybridized carbons (Fsp3) is 0. The van der Waals surface area contributed by atoms with E-state index in [2.05, 4.69) is 10.3 Å². The summed E-state index contributed by atoms with van der Waals surface area (Å²) in [5.41, 5.74) is 0.638. The molecule has 0 aliphatic rings. The summed E-state index contributed by atoms with van der Waals surface area (Å²) in [6, 6.07) is 19.2. The van der Waals surface area contributed by atoms with Crippen molar-refractivity contribution in [1.82, 2.24) is 9.55 Å². The van der Waals surface area contributed by atoms with Gasteiger partial charge in [0.2, 0.25) is 0 Å². The smallest absolute Gasteiger partial charge is 0.272 e. The maximum atomic E-state index is 13.2. The Morgan fingerprint density at radius 3 is 2.44 bits per heavy atom. The Hall–Kier alpha value is -3.93. The molecular formula is C21H15N3O3. The summed E-state index contributed by atoms with van der Waals surface area (Å²) >= 11 is 0. The number of fused-ring (bicyclic) bond motifs is 1. The number of aromatic hydroxyl groups is 1. The lowest BCUT2D eigenvalue weighted by Crippen LogP contribution is -2.29. The molecular weight excluding hydrogens is 342 g/mol. The molecule has 27 heavy (non-hydrogen) atoms. The average Bonchev–Trinajstić information content (AvgIpc) is 2.70. The van der Waals surface area contributed by atoms with Crippen LogP contribution >= 0.6 is 0 Å². The van der Waals surface area contributed by atoms with Crippen LogP contribution < -0.4 is 10.9 Å². The third-order valence-corrected chi connectivity index (χ3v) is 4.21. The van der Waals surface area contributed by atoms with Gasteiger partial charge in [-0.3, -0.25) is 19.1 Å². The van der Waals surface area contributed by atoms with E-state index in [0.29, 0.717) is 22.3 Å². The molecule has 0 radical (unpaired) electrons. The topological polar surface area (TPSA) is 84.2 Å². The van der Waals surface area contributed by atoms with Gasteiger partial charge in [0.05, 0.1) is 17.4 Å². The number of rotatable bonds is 3. The van der Waals surface area contributed by atoms with Crippen molar-refractivity contribution in [3.63, 3.8) is 0 Å². The number of amides is 1. The molecule has 4 rings (SSSR count). The summed E-state index contributed by atoms with van der Waals surface area (Å²) in [5, 5.41) is 13.7. The van der Waals surface area contributed by atoms with Gasteiger partial charge >= 0.3 is 0 Å². The first-order chi connectivity index (χ1) is 13.2. The minimum Gasteiger partial charge on any atom is -0.506 e. The number of para-hydroxylation sites is 2. The molecule has 1 amide bonds. The van der Waals surface area contributed by atoms with E-state index in [1.165, 1.54) is 10.8 Å². The Labute approximate surface area is 154 Å². The number of anilines is 1. The fourth-order valence-corrected chi connectivity index (χ4v) is 2.99. The Morgan fingerprint density at radius 2 is 1.70 bits per heavy atom. The molecule has 6 heteroatoms. The van der Waals surface area contributed by atoms with Crippen LogP contribution in [0.15, 0.2) is 83.9 Å². The van der Waals surface area contributed by atoms with Crippen LogP contribution in [0.2, 0.25) is 0 Å². The van der Waals surface area contributed by atoms with Crippen LogP contribution in [0, 0.1) is 0 Å². The monoisotopic (exact) mass is 357 g/mol. The first kappa shape index (κ1) is 16.5. The van der Waals surface area contributed by atoms with E-state index >= 15 is 0 Å². The van der Waals surface area contributed by atoms with E-state index in [1.807, 2.05) is 6.07 Å². The van der Waals surface area contributed by atoms with Gasteiger partial charge in [-0.1, -0.05) is 30.3 Å². The predicted molar refractivity (Wildman–Crippen MR) is 103 cm³/mol. The lowest BCUT2D eigenvalue weighted by atomic mass is 10.1. The largest absolute Gasteiger partial charge is 0.506 e. The van der Waals surface area contributed by atoms with E-state index in [4.69, 9.17) is 0 Å². The summed E-state index contributed by atoms with van der Waals surface area (Å²) in [6.07, 6.45) is 3.04. The molecule has 0 bridgehead atoms. The number of carbonyl (C=O) groups excluding carboxylic acids is 1. The molecule has 0 fully saturated rings. The van der Waals surface area contributed by atoms with Crippen LogP contribution in [0.3, 0.4) is 0 Å². The number of nitrogens with one attached hydrogen (secondary N) is 1. The van der Waals surface area contributed by atoms with Crippen LogP contribution in [0.1, 0.15) is 10.4 Å². The van der Waals surface area contributed by atoms with Crippen LogP contribution in [-0.4, -0.2) is 20.6 Å². The van der Waals surface area contributed by atoms with Crippen LogP contribution in [0.25, 0.3) is 16.6 Å². The third kappa shape index (κ3) is 2.93. The van der Waals surface area contributed by atoms with Crippen molar-refractivity contribution >= 4 is 22.5 Å². The number of benzene rings is 2. The van der Waals surface area contributed by atoms with Gasteiger partial charge in [0.1, 0.15) is 11.3 Å². The maximum absolute atomic E-state index is 13.2. The van der Waals surface area contributed by atoms with E-state index in [1.54, 1.807) is 66.9 Å². The predicted octanol–water partition coefficient (Wildman–Crippen LogP) is 3.34. The second-order valence-electron chi connectivity index (χ2n) is 5.91. The second kappa shape index (κ2) is 6.76. The summed E-state index contributed by atoms with van der Waals surface area (Å²) in [7, 11) is 0. The zero-order valence-corrected chi connectivity index (χ0v) is 14.2. The number of aromatic nitrogens is 2. The van der Waals surface area contributed by atoms with Crippen molar-refractivity contribution in [3.8, 4) is 11.4 Å². The number of carbonyl (C=O) groups is 1. The number of hydrogen-bond acceptors (Lipinski definition) is 4. The first-order valence-corrected chi connectivity index (χ1v) is 8.30. The molecule has 0 aliphatic heterocycles. The Bertz CT molecular complexity index is 1190. The second-order valence-corrected chi connectivity index (χ2v) is 5.91. The van der Waals surface area contributed by atoms with Crippen LogP contribution in [0.5, 0.6) is 5.75 Å². The average molecular weight is 357 g/mol. The van der Waals surface area contributed by atoms with Gasteiger partial charge < -0.3 is 10.4 Å². The van der Waals surface area contributed by atoms with Crippen molar-refractivity contribution in [1.29, 1.82) is 0 Å². The molecule has 0 unspecified atom stereocenters. The molecule has 0 aliphatic carbocycles. The summed E-state index contributed by atoms with van der Waals surface area (Å²) < 4.78 is 1.42. The highest BCUT2D eigenvalue weighted by atomic mass is 16.3. The fourth-order valence-electron chi connectivity index (χ4n) is 2.99. The van der Waals surface area contributed by atoms with Gasteiger partial charge in [0, 0.05) is 17.3 Å². The number of nitrogens with zero attached hydrogens (tertiary/aromatic N) is 2. The minimum atomic E-state index is -0.694. The number of pyridine rings is 2. The first-order valence-electron chi connectivity index (χ1n) is 8.30. The summed E-state index contributed by atoms with van der Waals surface area (Å²) in [4.78, 5) is 29.9. The molecule has 6 nitrogen and oxygen atoms in total. The molecule has 0 saturated carbocycles. The van der Waals surface area contributed by atoms with Crippen molar-refractivity contribution < 1.29 is 9.90 Å². The molecule has 0 atom stereocenters. The van der Waals surface area contributed by atoms with Gasteiger partial charge in [-0.2, -0.15) is 0 Å². The summed E-state index contributed by atoms with van der Waals surface area (Å²) in [6.45, 7) is 0. The van der Waals surface area contributed by atoms with Gasteiger partial charge in [-0.05, 0) is 36.4 Å². The van der Waals surface area contributed by atoms with E-state index < -0.39 is 11.5 Å². The van der Waals surface area contributed by atoms with Crippen LogP contribution in [0.4, 0.5) is 5.69 Å². The Balaban J connectivity index is 1.96. The maximum Gasteiger partial charge on any atom is 0.272 e. The SMILES string of the molecule is O=C(Nc1cccnc1)c1c(O)c2ccccc2n(-c2ccccc2)c1=O. The Kier molecular flexibility index (Phi) is 4.14. The van der Waals surface area contributed by atoms with E-state index in [-0.39, 0.29) is 11.3 Å².